The van der Waals surface area contributed by atoms with Crippen LogP contribution in [0, 0.1) is 10.1 Å². The van der Waals surface area contributed by atoms with Crippen LogP contribution < -0.4 is 4.74 Å². The van der Waals surface area contributed by atoms with Crippen LogP contribution in [0.2, 0.25) is 0 Å². The van der Waals surface area contributed by atoms with E-state index in [4.69, 9.17) is 9.84 Å². The van der Waals surface area contributed by atoms with Crippen molar-refractivity contribution < 1.29 is 24.7 Å². The summed E-state index contributed by atoms with van der Waals surface area (Å²) >= 11 is 0. The molecule has 0 amide bonds. The van der Waals surface area contributed by atoms with Crippen LogP contribution in [0.1, 0.15) is 18.1 Å². The van der Waals surface area contributed by atoms with Crippen molar-refractivity contribution in [1.29, 1.82) is 0 Å². The summed E-state index contributed by atoms with van der Waals surface area (Å²) in [4.78, 5) is 20.4. The van der Waals surface area contributed by atoms with E-state index in [9.17, 15) is 20.0 Å². The van der Waals surface area contributed by atoms with Gasteiger partial charge in [0.05, 0.1) is 24.6 Å². The Kier molecular flexibility index (Phi) is 4.00. The van der Waals surface area contributed by atoms with Crippen molar-refractivity contribution >= 4 is 11.7 Å². The normalized spacial score (nSPS) is 11.9. The standard InChI is InChI=1S/C10H11NO6/c1-17-9-4-6(8(12)5-10(13)14)2-3-7(9)11(15)16/h2-4,8,12H,5H2,1H3,(H,13,14)/t8-/m0/s1. The summed E-state index contributed by atoms with van der Waals surface area (Å²) in [5.41, 5.74) is 0.0219. The number of benzene rings is 1. The van der Waals surface area contributed by atoms with Gasteiger partial charge in [0.2, 0.25) is 0 Å². The summed E-state index contributed by atoms with van der Waals surface area (Å²) in [6.45, 7) is 0. The first-order valence-electron chi connectivity index (χ1n) is 4.68. The Morgan fingerprint density at radius 3 is 2.71 bits per heavy atom. The van der Waals surface area contributed by atoms with Gasteiger partial charge in [0.1, 0.15) is 0 Å². The summed E-state index contributed by atoms with van der Waals surface area (Å²) in [6, 6.07) is 3.72. The van der Waals surface area contributed by atoms with Crippen molar-refractivity contribution in [2.45, 2.75) is 12.5 Å². The quantitative estimate of drug-likeness (QED) is 0.590. The van der Waals surface area contributed by atoms with Crippen molar-refractivity contribution in [2.24, 2.45) is 0 Å². The lowest BCUT2D eigenvalue weighted by atomic mass is 10.1. The monoisotopic (exact) mass is 241 g/mol. The molecule has 2 N–H and O–H groups in total. The number of carboxylic acid groups (broad SMARTS) is 1. The Labute approximate surface area is 96.4 Å². The molecule has 7 nitrogen and oxygen atoms in total. The van der Waals surface area contributed by atoms with Gasteiger partial charge in [-0.05, 0) is 17.7 Å². The van der Waals surface area contributed by atoms with Gasteiger partial charge in [-0.3, -0.25) is 14.9 Å². The fourth-order valence-electron chi connectivity index (χ4n) is 1.34. The molecule has 7 heteroatoms. The number of hydrogen-bond donors (Lipinski definition) is 2. The van der Waals surface area contributed by atoms with Crippen molar-refractivity contribution in [3.8, 4) is 5.75 Å². The molecule has 0 spiro atoms. The smallest absolute Gasteiger partial charge is 0.310 e. The fourth-order valence-corrected chi connectivity index (χ4v) is 1.34. The van der Waals surface area contributed by atoms with Crippen LogP contribution in [0.5, 0.6) is 5.75 Å². The van der Waals surface area contributed by atoms with Crippen molar-refractivity contribution in [3.63, 3.8) is 0 Å². The third-order valence-corrected chi connectivity index (χ3v) is 2.15. The number of carbonyl (C=O) groups is 1. The number of nitro groups is 1. The van der Waals surface area contributed by atoms with Gasteiger partial charge < -0.3 is 14.9 Å². The molecule has 0 saturated carbocycles. The van der Waals surface area contributed by atoms with Gasteiger partial charge in [0.15, 0.2) is 5.75 Å². The van der Waals surface area contributed by atoms with Crippen molar-refractivity contribution in [3.05, 3.63) is 33.9 Å². The molecule has 0 aliphatic heterocycles. The molecule has 17 heavy (non-hydrogen) atoms. The zero-order valence-electron chi connectivity index (χ0n) is 8.99. The second-order valence-corrected chi connectivity index (χ2v) is 3.30. The largest absolute Gasteiger partial charge is 0.490 e. The molecule has 0 fully saturated rings. The number of aliphatic carboxylic acids is 1. The Hall–Kier alpha value is -2.15. The van der Waals surface area contributed by atoms with Gasteiger partial charge in [-0.2, -0.15) is 0 Å². The van der Waals surface area contributed by atoms with E-state index in [2.05, 4.69) is 0 Å². The minimum atomic E-state index is -1.22. The Bertz CT molecular complexity index is 444. The Balaban J connectivity index is 3.04. The lowest BCUT2D eigenvalue weighted by Crippen LogP contribution is -2.06. The van der Waals surface area contributed by atoms with Crippen LogP contribution in [0.15, 0.2) is 18.2 Å². The molecule has 0 unspecified atom stereocenters. The second kappa shape index (κ2) is 5.26. The summed E-state index contributed by atoms with van der Waals surface area (Å²) in [5, 5.41) is 28.7. The SMILES string of the molecule is COc1cc([C@@H](O)CC(=O)O)ccc1[N+](=O)[O-]. The molecule has 0 heterocycles. The third-order valence-electron chi connectivity index (χ3n) is 2.15. The number of carboxylic acids is 1. The molecule has 0 saturated heterocycles. The van der Waals surface area contributed by atoms with Crippen LogP contribution in [-0.2, 0) is 4.79 Å². The minimum Gasteiger partial charge on any atom is -0.490 e. The van der Waals surface area contributed by atoms with Gasteiger partial charge in [0, 0.05) is 6.07 Å². The first kappa shape index (κ1) is 12.9. The Morgan fingerprint density at radius 2 is 2.24 bits per heavy atom. The number of methoxy groups -OCH3 is 1. The van der Waals surface area contributed by atoms with Crippen molar-refractivity contribution in [1.82, 2.24) is 0 Å². The summed E-state index contributed by atoms with van der Waals surface area (Å²) in [6.07, 6.45) is -1.69. The van der Waals surface area contributed by atoms with Gasteiger partial charge >= 0.3 is 11.7 Å². The van der Waals surface area contributed by atoms with Crippen molar-refractivity contribution in [2.75, 3.05) is 7.11 Å². The van der Waals surface area contributed by atoms with E-state index in [-0.39, 0.29) is 17.0 Å². The molecule has 0 aliphatic carbocycles. The molecule has 1 atom stereocenters. The molecule has 1 rings (SSSR count). The number of nitrogens with zero attached hydrogens (tertiary/aromatic N) is 1. The molecular formula is C10H11NO6. The number of aliphatic hydroxyl groups is 1. The maximum atomic E-state index is 10.6. The van der Waals surface area contributed by atoms with Gasteiger partial charge in [-0.15, -0.1) is 0 Å². The van der Waals surface area contributed by atoms with Crippen LogP contribution in [0.3, 0.4) is 0 Å². The first-order chi connectivity index (χ1) is 7.95. The number of hydrogen-bond acceptors (Lipinski definition) is 5. The van der Waals surface area contributed by atoms with Crippen LogP contribution in [-0.4, -0.2) is 28.2 Å². The summed E-state index contributed by atoms with van der Waals surface area (Å²) < 4.78 is 4.80. The molecule has 0 bridgehead atoms. The zero-order valence-corrected chi connectivity index (χ0v) is 8.99. The molecule has 0 aliphatic rings. The predicted molar refractivity (Wildman–Crippen MR) is 56.9 cm³/mol. The van der Waals surface area contributed by atoms with E-state index in [1.54, 1.807) is 0 Å². The van der Waals surface area contributed by atoms with E-state index in [0.29, 0.717) is 0 Å². The summed E-state index contributed by atoms with van der Waals surface area (Å²) in [5.74, 6) is -1.17. The number of rotatable bonds is 5. The van der Waals surface area contributed by atoms with Crippen LogP contribution in [0.4, 0.5) is 5.69 Å². The average molecular weight is 241 g/mol. The highest BCUT2D eigenvalue weighted by Crippen LogP contribution is 2.30. The number of nitro benzene ring substituents is 1. The van der Waals surface area contributed by atoms with Gasteiger partial charge in [0.25, 0.3) is 0 Å². The number of aliphatic hydroxyl groups excluding tert-OH is 1. The Morgan fingerprint density at radius 1 is 1.59 bits per heavy atom. The summed E-state index contributed by atoms with van der Waals surface area (Å²) in [7, 11) is 1.26. The highest BCUT2D eigenvalue weighted by atomic mass is 16.6. The highest BCUT2D eigenvalue weighted by Gasteiger charge is 2.19. The van der Waals surface area contributed by atoms with Gasteiger partial charge in [-0.25, -0.2) is 0 Å². The lowest BCUT2D eigenvalue weighted by molar-refractivity contribution is -0.385. The molecule has 1 aromatic carbocycles. The van der Waals surface area contributed by atoms with Crippen LogP contribution >= 0.6 is 0 Å². The molecule has 1 aromatic rings. The molecular weight excluding hydrogens is 230 g/mol. The lowest BCUT2D eigenvalue weighted by Gasteiger charge is -2.09. The predicted octanol–water partition coefficient (Wildman–Crippen LogP) is 1.11. The fraction of sp³-hybridized carbons (Fsp3) is 0.300. The van der Waals surface area contributed by atoms with E-state index in [1.165, 1.54) is 25.3 Å². The molecule has 0 aromatic heterocycles. The first-order valence-corrected chi connectivity index (χ1v) is 4.68. The van der Waals surface area contributed by atoms with E-state index in [1.807, 2.05) is 0 Å². The van der Waals surface area contributed by atoms with E-state index in [0.717, 1.165) is 0 Å². The number of ether oxygens (including phenoxy) is 1. The maximum absolute atomic E-state index is 10.6. The van der Waals surface area contributed by atoms with E-state index < -0.39 is 23.4 Å². The van der Waals surface area contributed by atoms with Gasteiger partial charge in [-0.1, -0.05) is 0 Å². The average Bonchev–Trinajstić information content (AvgIpc) is 2.27. The molecule has 92 valence electrons. The zero-order chi connectivity index (χ0) is 13.0. The second-order valence-electron chi connectivity index (χ2n) is 3.30. The topological polar surface area (TPSA) is 110 Å². The minimum absolute atomic E-state index is 0.0167. The maximum Gasteiger partial charge on any atom is 0.310 e. The third kappa shape index (κ3) is 3.15. The van der Waals surface area contributed by atoms with Crippen LogP contribution in [0.25, 0.3) is 0 Å². The van der Waals surface area contributed by atoms with E-state index >= 15 is 0 Å². The molecule has 0 radical (unpaired) electrons. The highest BCUT2D eigenvalue weighted by molar-refractivity contribution is 5.67.